The highest BCUT2D eigenvalue weighted by molar-refractivity contribution is 6.04. The normalized spacial score (nSPS) is 19.0. The quantitative estimate of drug-likeness (QED) is 0.774. The number of hydrogen-bond acceptors (Lipinski definition) is 4. The van der Waals surface area contributed by atoms with E-state index in [0.717, 1.165) is 18.4 Å². The van der Waals surface area contributed by atoms with Gasteiger partial charge in [-0.15, -0.1) is 0 Å². The summed E-state index contributed by atoms with van der Waals surface area (Å²) in [6.07, 6.45) is 1.68. The zero-order valence-electron chi connectivity index (χ0n) is 14.6. The van der Waals surface area contributed by atoms with Crippen LogP contribution in [0.15, 0.2) is 48.5 Å². The number of imide groups is 1. The molecule has 2 aromatic carbocycles. The molecule has 26 heavy (non-hydrogen) atoms. The van der Waals surface area contributed by atoms with Crippen molar-refractivity contribution in [2.75, 3.05) is 13.7 Å². The number of methoxy groups -OCH3 is 1. The average molecular weight is 352 g/mol. The topological polar surface area (TPSA) is 59.1 Å². The van der Waals surface area contributed by atoms with E-state index in [1.165, 1.54) is 4.90 Å². The molecule has 2 heterocycles. The summed E-state index contributed by atoms with van der Waals surface area (Å²) in [6.45, 7) is 0.969. The van der Waals surface area contributed by atoms with Crippen molar-refractivity contribution < 1.29 is 19.1 Å². The number of carbonyl (C=O) groups excluding carboxylic acids is 2. The van der Waals surface area contributed by atoms with Gasteiger partial charge in [0, 0.05) is 6.54 Å². The van der Waals surface area contributed by atoms with Crippen molar-refractivity contribution in [1.82, 2.24) is 9.80 Å². The summed E-state index contributed by atoms with van der Waals surface area (Å²) in [5, 5.41) is 0. The van der Waals surface area contributed by atoms with Crippen LogP contribution in [0.3, 0.4) is 0 Å². The van der Waals surface area contributed by atoms with Gasteiger partial charge in [0.2, 0.25) is 0 Å². The van der Waals surface area contributed by atoms with Crippen molar-refractivity contribution in [3.05, 3.63) is 54.1 Å². The summed E-state index contributed by atoms with van der Waals surface area (Å²) in [5.74, 6) is 1.87. The van der Waals surface area contributed by atoms with Gasteiger partial charge in [-0.2, -0.15) is 0 Å². The van der Waals surface area contributed by atoms with E-state index in [9.17, 15) is 9.59 Å². The Morgan fingerprint density at radius 3 is 2.46 bits per heavy atom. The van der Waals surface area contributed by atoms with Crippen LogP contribution in [0.4, 0.5) is 4.79 Å². The monoisotopic (exact) mass is 352 g/mol. The summed E-state index contributed by atoms with van der Waals surface area (Å²) >= 11 is 0. The first kappa shape index (κ1) is 16.4. The number of nitrogens with zero attached hydrogens (tertiary/aromatic N) is 2. The van der Waals surface area contributed by atoms with E-state index < -0.39 is 0 Å². The molecule has 0 aliphatic carbocycles. The summed E-state index contributed by atoms with van der Waals surface area (Å²) in [4.78, 5) is 27.8. The van der Waals surface area contributed by atoms with E-state index in [-0.39, 0.29) is 18.0 Å². The maximum Gasteiger partial charge on any atom is 0.327 e. The molecule has 2 saturated heterocycles. The van der Waals surface area contributed by atoms with Gasteiger partial charge in [0.05, 0.1) is 13.7 Å². The fourth-order valence-electron chi connectivity index (χ4n) is 3.50. The summed E-state index contributed by atoms with van der Waals surface area (Å²) in [7, 11) is 1.60. The van der Waals surface area contributed by atoms with Gasteiger partial charge < -0.3 is 14.4 Å². The molecule has 2 aromatic rings. The standard InChI is InChI=1S/C20H20N2O4/c1-25-17-6-2-3-7-18(17)26-15-10-8-14(9-11-15)13-22-19(23)16-5-4-12-21(16)20(22)24/h2-3,6-11,16H,4-5,12-13H2,1H3/t16-/m0/s1. The highest BCUT2D eigenvalue weighted by atomic mass is 16.5. The summed E-state index contributed by atoms with van der Waals surface area (Å²) in [5.41, 5.74) is 0.889. The SMILES string of the molecule is COc1ccccc1Oc1ccc(CN2C(=O)[C@@H]3CCCN3C2=O)cc1. The van der Waals surface area contributed by atoms with E-state index in [4.69, 9.17) is 9.47 Å². The van der Waals surface area contributed by atoms with Crippen LogP contribution >= 0.6 is 0 Å². The first-order chi connectivity index (χ1) is 12.7. The van der Waals surface area contributed by atoms with E-state index in [2.05, 4.69) is 0 Å². The largest absolute Gasteiger partial charge is 0.493 e. The molecule has 6 nitrogen and oxygen atoms in total. The molecule has 0 radical (unpaired) electrons. The van der Waals surface area contributed by atoms with E-state index in [1.807, 2.05) is 48.5 Å². The number of benzene rings is 2. The molecule has 0 saturated carbocycles. The van der Waals surface area contributed by atoms with Gasteiger partial charge in [0.25, 0.3) is 5.91 Å². The summed E-state index contributed by atoms with van der Waals surface area (Å²) in [6, 6.07) is 14.4. The molecular formula is C20H20N2O4. The lowest BCUT2D eigenvalue weighted by molar-refractivity contribution is -0.128. The minimum Gasteiger partial charge on any atom is -0.493 e. The zero-order valence-corrected chi connectivity index (χ0v) is 14.6. The lowest BCUT2D eigenvalue weighted by atomic mass is 10.2. The number of amides is 3. The minimum absolute atomic E-state index is 0.0816. The number of fused-ring (bicyclic) bond motifs is 1. The smallest absolute Gasteiger partial charge is 0.327 e. The third-order valence-electron chi connectivity index (χ3n) is 4.84. The van der Waals surface area contributed by atoms with E-state index in [1.54, 1.807) is 12.0 Å². The van der Waals surface area contributed by atoms with E-state index in [0.29, 0.717) is 30.3 Å². The van der Waals surface area contributed by atoms with Crippen molar-refractivity contribution in [3.63, 3.8) is 0 Å². The molecule has 2 aliphatic heterocycles. The Hall–Kier alpha value is -3.02. The molecule has 3 amide bonds. The predicted octanol–water partition coefficient (Wildman–Crippen LogP) is 3.41. The number of urea groups is 1. The number of rotatable bonds is 5. The third-order valence-corrected chi connectivity index (χ3v) is 4.84. The Labute approximate surface area is 151 Å². The Bertz CT molecular complexity index is 812. The van der Waals surface area contributed by atoms with Gasteiger partial charge in [0.15, 0.2) is 11.5 Å². The molecule has 4 rings (SSSR count). The molecule has 1 atom stereocenters. The molecule has 134 valence electrons. The molecule has 2 aliphatic rings. The van der Waals surface area contributed by atoms with Crippen LogP contribution in [0.5, 0.6) is 17.2 Å². The first-order valence-corrected chi connectivity index (χ1v) is 8.69. The van der Waals surface area contributed by atoms with Gasteiger partial charge in [-0.05, 0) is 42.7 Å². The molecule has 0 N–H and O–H groups in total. The number of carbonyl (C=O) groups is 2. The molecule has 0 aromatic heterocycles. The fraction of sp³-hybridized carbons (Fsp3) is 0.300. The number of ether oxygens (including phenoxy) is 2. The van der Waals surface area contributed by atoms with Gasteiger partial charge in [-0.1, -0.05) is 24.3 Å². The molecule has 0 bridgehead atoms. The van der Waals surface area contributed by atoms with Crippen LogP contribution in [0, 0.1) is 0 Å². The van der Waals surface area contributed by atoms with Crippen LogP contribution in [-0.2, 0) is 11.3 Å². The highest BCUT2D eigenvalue weighted by Gasteiger charge is 2.47. The van der Waals surface area contributed by atoms with Crippen LogP contribution in [0.25, 0.3) is 0 Å². The Kier molecular flexibility index (Phi) is 4.24. The maximum absolute atomic E-state index is 12.4. The second-order valence-electron chi connectivity index (χ2n) is 6.46. The fourth-order valence-corrected chi connectivity index (χ4v) is 3.50. The molecule has 0 spiro atoms. The van der Waals surface area contributed by atoms with Crippen LogP contribution in [0.1, 0.15) is 18.4 Å². The van der Waals surface area contributed by atoms with Crippen molar-refractivity contribution in [2.24, 2.45) is 0 Å². The van der Waals surface area contributed by atoms with Crippen molar-refractivity contribution in [1.29, 1.82) is 0 Å². The molecule has 6 heteroatoms. The van der Waals surface area contributed by atoms with Crippen molar-refractivity contribution in [3.8, 4) is 17.2 Å². The van der Waals surface area contributed by atoms with Crippen LogP contribution < -0.4 is 9.47 Å². The maximum atomic E-state index is 12.4. The first-order valence-electron chi connectivity index (χ1n) is 8.69. The second kappa shape index (κ2) is 6.71. The van der Waals surface area contributed by atoms with Crippen molar-refractivity contribution >= 4 is 11.9 Å². The van der Waals surface area contributed by atoms with Gasteiger partial charge in [-0.3, -0.25) is 9.69 Å². The Morgan fingerprint density at radius 1 is 1.04 bits per heavy atom. The number of para-hydroxylation sites is 2. The molecular weight excluding hydrogens is 332 g/mol. The summed E-state index contributed by atoms with van der Waals surface area (Å²) < 4.78 is 11.1. The Balaban J connectivity index is 1.45. The second-order valence-corrected chi connectivity index (χ2v) is 6.46. The van der Waals surface area contributed by atoms with Crippen LogP contribution in [0.2, 0.25) is 0 Å². The third kappa shape index (κ3) is 2.87. The highest BCUT2D eigenvalue weighted by Crippen LogP contribution is 2.32. The minimum atomic E-state index is -0.254. The van der Waals surface area contributed by atoms with Crippen molar-refractivity contribution in [2.45, 2.75) is 25.4 Å². The lowest BCUT2D eigenvalue weighted by Crippen LogP contribution is -2.32. The lowest BCUT2D eigenvalue weighted by Gasteiger charge is -2.16. The van der Waals surface area contributed by atoms with Gasteiger partial charge in [-0.25, -0.2) is 4.79 Å². The average Bonchev–Trinajstić information content (AvgIpc) is 3.23. The van der Waals surface area contributed by atoms with Gasteiger partial charge >= 0.3 is 6.03 Å². The Morgan fingerprint density at radius 2 is 1.77 bits per heavy atom. The zero-order chi connectivity index (χ0) is 18.1. The molecule has 0 unspecified atom stereocenters. The predicted molar refractivity (Wildman–Crippen MR) is 95.2 cm³/mol. The van der Waals surface area contributed by atoms with Gasteiger partial charge in [0.1, 0.15) is 11.8 Å². The van der Waals surface area contributed by atoms with Crippen LogP contribution in [-0.4, -0.2) is 41.4 Å². The van der Waals surface area contributed by atoms with E-state index >= 15 is 0 Å². The molecule has 2 fully saturated rings. The number of hydrogen-bond donors (Lipinski definition) is 0.